The summed E-state index contributed by atoms with van der Waals surface area (Å²) in [5.74, 6) is -1.45. The zero-order valence-electron chi connectivity index (χ0n) is 16.4. The van der Waals surface area contributed by atoms with Crippen LogP contribution in [0.5, 0.6) is 0 Å². The van der Waals surface area contributed by atoms with Crippen LogP contribution in [0.2, 0.25) is 0 Å². The Hall–Kier alpha value is -2.43. The van der Waals surface area contributed by atoms with Gasteiger partial charge in [0, 0.05) is 18.8 Å². The van der Waals surface area contributed by atoms with E-state index in [1.54, 1.807) is 24.3 Å². The molecule has 2 heterocycles. The summed E-state index contributed by atoms with van der Waals surface area (Å²) in [7, 11) is -0.905. The molecule has 0 aromatic heterocycles. The van der Waals surface area contributed by atoms with Gasteiger partial charge in [0.15, 0.2) is 0 Å². The van der Waals surface area contributed by atoms with E-state index in [1.165, 1.54) is 23.4 Å². The Bertz CT molecular complexity index is 903. The molecule has 0 radical (unpaired) electrons. The SMILES string of the molecule is COC(=O)C1=C(C(=O)OC)N(c2ccc(CS(=O)(=O)N3CCCC3)cc2)COC1. The number of rotatable bonds is 6. The molecule has 0 bridgehead atoms. The number of nitrogens with zero attached hydrogens (tertiary/aromatic N) is 2. The van der Waals surface area contributed by atoms with Gasteiger partial charge in [-0.3, -0.25) is 0 Å². The molecule has 1 aromatic carbocycles. The van der Waals surface area contributed by atoms with E-state index in [4.69, 9.17) is 14.2 Å². The number of esters is 2. The number of hydrogen-bond acceptors (Lipinski definition) is 8. The third-order valence-corrected chi connectivity index (χ3v) is 6.74. The fraction of sp³-hybridized carbons (Fsp3) is 0.474. The van der Waals surface area contributed by atoms with Crippen LogP contribution in [-0.2, 0) is 39.6 Å². The molecular weight excluding hydrogens is 400 g/mol. The lowest BCUT2D eigenvalue weighted by Crippen LogP contribution is -2.38. The first kappa shape index (κ1) is 21.3. The maximum atomic E-state index is 12.5. The van der Waals surface area contributed by atoms with E-state index in [0.29, 0.717) is 24.3 Å². The summed E-state index contributed by atoms with van der Waals surface area (Å²) in [4.78, 5) is 25.9. The van der Waals surface area contributed by atoms with Crippen LogP contribution < -0.4 is 4.90 Å². The standard InChI is InChI=1S/C19H24N2O7S/c1-26-18(22)16-11-28-13-21(17(16)19(23)27-2)15-7-5-14(6-8-15)12-29(24,25)20-9-3-4-10-20/h5-8H,3-4,9-13H2,1-2H3. The fourth-order valence-corrected chi connectivity index (χ4v) is 5.00. The molecule has 0 N–H and O–H groups in total. The molecular formula is C19H24N2O7S. The van der Waals surface area contributed by atoms with Crippen molar-refractivity contribution in [2.24, 2.45) is 0 Å². The minimum atomic E-state index is -3.35. The second kappa shape index (κ2) is 8.93. The second-order valence-electron chi connectivity index (χ2n) is 6.74. The van der Waals surface area contributed by atoms with Gasteiger partial charge < -0.3 is 19.1 Å². The molecule has 0 spiro atoms. The first-order valence-electron chi connectivity index (χ1n) is 9.19. The predicted molar refractivity (Wildman–Crippen MR) is 104 cm³/mol. The third kappa shape index (κ3) is 4.60. The molecule has 0 saturated carbocycles. The van der Waals surface area contributed by atoms with E-state index in [9.17, 15) is 18.0 Å². The molecule has 1 aromatic rings. The van der Waals surface area contributed by atoms with E-state index in [0.717, 1.165) is 12.8 Å². The number of hydrogen-bond donors (Lipinski definition) is 0. The summed E-state index contributed by atoms with van der Waals surface area (Å²) >= 11 is 0. The van der Waals surface area contributed by atoms with Gasteiger partial charge in [-0.05, 0) is 30.5 Å². The maximum Gasteiger partial charge on any atom is 0.355 e. The van der Waals surface area contributed by atoms with Gasteiger partial charge in [-0.1, -0.05) is 12.1 Å². The molecule has 2 aliphatic rings. The number of methoxy groups -OCH3 is 2. The highest BCUT2D eigenvalue weighted by atomic mass is 32.2. The zero-order chi connectivity index (χ0) is 21.0. The number of carbonyl (C=O) groups excluding carboxylic acids is 2. The summed E-state index contributed by atoms with van der Waals surface area (Å²) in [5, 5.41) is 0. The van der Waals surface area contributed by atoms with Crippen molar-refractivity contribution in [3.8, 4) is 0 Å². The van der Waals surface area contributed by atoms with Gasteiger partial charge in [0.1, 0.15) is 12.4 Å². The highest BCUT2D eigenvalue weighted by Gasteiger charge is 2.32. The number of carbonyl (C=O) groups is 2. The number of anilines is 1. The molecule has 9 nitrogen and oxygen atoms in total. The van der Waals surface area contributed by atoms with E-state index >= 15 is 0 Å². The Balaban J connectivity index is 1.86. The Morgan fingerprint density at radius 2 is 1.66 bits per heavy atom. The van der Waals surface area contributed by atoms with Crippen molar-refractivity contribution in [1.82, 2.24) is 4.31 Å². The largest absolute Gasteiger partial charge is 0.466 e. The maximum absolute atomic E-state index is 12.5. The second-order valence-corrected chi connectivity index (χ2v) is 8.71. The van der Waals surface area contributed by atoms with Crippen molar-refractivity contribution >= 4 is 27.6 Å². The topological polar surface area (TPSA) is 102 Å². The smallest absolute Gasteiger partial charge is 0.355 e. The van der Waals surface area contributed by atoms with Gasteiger partial charge in [-0.25, -0.2) is 22.3 Å². The van der Waals surface area contributed by atoms with E-state index < -0.39 is 22.0 Å². The Labute approximate surface area is 169 Å². The van der Waals surface area contributed by atoms with Crippen LogP contribution in [0.3, 0.4) is 0 Å². The average Bonchev–Trinajstić information content (AvgIpc) is 3.28. The van der Waals surface area contributed by atoms with Crippen LogP contribution in [0, 0.1) is 0 Å². The van der Waals surface area contributed by atoms with Gasteiger partial charge in [-0.2, -0.15) is 0 Å². The molecule has 0 unspecified atom stereocenters. The van der Waals surface area contributed by atoms with Crippen molar-refractivity contribution in [2.75, 3.05) is 45.5 Å². The Morgan fingerprint density at radius 3 is 2.24 bits per heavy atom. The van der Waals surface area contributed by atoms with Gasteiger partial charge >= 0.3 is 11.9 Å². The normalized spacial score (nSPS) is 18.1. The first-order valence-corrected chi connectivity index (χ1v) is 10.8. The van der Waals surface area contributed by atoms with Crippen LogP contribution >= 0.6 is 0 Å². The molecule has 1 fully saturated rings. The van der Waals surface area contributed by atoms with E-state index in [1.807, 2.05) is 0 Å². The van der Waals surface area contributed by atoms with Crippen molar-refractivity contribution in [3.05, 3.63) is 41.1 Å². The number of benzene rings is 1. The Morgan fingerprint density at radius 1 is 1.03 bits per heavy atom. The first-order chi connectivity index (χ1) is 13.9. The molecule has 158 valence electrons. The van der Waals surface area contributed by atoms with Crippen LogP contribution in [0.15, 0.2) is 35.5 Å². The zero-order valence-corrected chi connectivity index (χ0v) is 17.2. The summed E-state index contributed by atoms with van der Waals surface area (Å²) in [6.07, 6.45) is 1.77. The minimum absolute atomic E-state index is 0.0380. The fourth-order valence-electron chi connectivity index (χ4n) is 3.39. The van der Waals surface area contributed by atoms with Crippen molar-refractivity contribution < 1.29 is 32.2 Å². The summed E-state index contributed by atoms with van der Waals surface area (Å²) < 4.78 is 41.5. The van der Waals surface area contributed by atoms with Gasteiger partial charge in [0.05, 0.1) is 32.2 Å². The average molecular weight is 424 g/mol. The molecule has 1 saturated heterocycles. The van der Waals surface area contributed by atoms with Crippen LogP contribution in [0.1, 0.15) is 18.4 Å². The van der Waals surface area contributed by atoms with E-state index in [2.05, 4.69) is 0 Å². The lowest BCUT2D eigenvalue weighted by Gasteiger charge is -2.31. The third-order valence-electron chi connectivity index (χ3n) is 4.89. The van der Waals surface area contributed by atoms with Crippen molar-refractivity contribution in [3.63, 3.8) is 0 Å². The summed E-state index contributed by atoms with van der Waals surface area (Å²) in [5.41, 5.74) is 1.30. The van der Waals surface area contributed by atoms with Crippen LogP contribution in [0.4, 0.5) is 5.69 Å². The van der Waals surface area contributed by atoms with Crippen molar-refractivity contribution in [2.45, 2.75) is 18.6 Å². The molecule has 0 aliphatic carbocycles. The highest BCUT2D eigenvalue weighted by Crippen LogP contribution is 2.27. The predicted octanol–water partition coefficient (Wildman–Crippen LogP) is 1.01. The Kier molecular flexibility index (Phi) is 6.56. The molecule has 0 atom stereocenters. The summed E-state index contributed by atoms with van der Waals surface area (Å²) in [6.45, 7) is 1.10. The van der Waals surface area contributed by atoms with Crippen LogP contribution in [0.25, 0.3) is 0 Å². The van der Waals surface area contributed by atoms with Crippen molar-refractivity contribution in [1.29, 1.82) is 0 Å². The highest BCUT2D eigenvalue weighted by molar-refractivity contribution is 7.88. The monoisotopic (exact) mass is 424 g/mol. The summed E-state index contributed by atoms with van der Waals surface area (Å²) in [6, 6.07) is 6.73. The lowest BCUT2D eigenvalue weighted by molar-refractivity contribution is -0.140. The van der Waals surface area contributed by atoms with Crippen LogP contribution in [-0.4, -0.2) is 65.3 Å². The molecule has 3 rings (SSSR count). The quantitative estimate of drug-likeness (QED) is 0.624. The molecule has 29 heavy (non-hydrogen) atoms. The molecule has 10 heteroatoms. The van der Waals surface area contributed by atoms with Gasteiger partial charge in [-0.15, -0.1) is 0 Å². The minimum Gasteiger partial charge on any atom is -0.466 e. The molecule has 0 amide bonds. The van der Waals surface area contributed by atoms with E-state index in [-0.39, 0.29) is 30.4 Å². The lowest BCUT2D eigenvalue weighted by atomic mass is 10.1. The number of sulfonamides is 1. The van der Waals surface area contributed by atoms with Gasteiger partial charge in [0.2, 0.25) is 10.0 Å². The number of ether oxygens (including phenoxy) is 3. The van der Waals surface area contributed by atoms with Gasteiger partial charge in [0.25, 0.3) is 0 Å². The molecule has 2 aliphatic heterocycles.